The van der Waals surface area contributed by atoms with Crippen LogP contribution in [0.4, 0.5) is 0 Å². The maximum Gasteiger partial charge on any atom is 0.219 e. The summed E-state index contributed by atoms with van der Waals surface area (Å²) in [5.74, 6) is -2.51. The Labute approximate surface area is 153 Å². The molecular weight excluding hydrogens is 328 g/mol. The second-order valence-electron chi connectivity index (χ2n) is 6.99. The summed E-state index contributed by atoms with van der Waals surface area (Å²) in [6.45, 7) is 3.67. The minimum Gasteiger partial charge on any atom is -0.447 e. The van der Waals surface area contributed by atoms with Crippen molar-refractivity contribution < 1.29 is 9.47 Å². The zero-order chi connectivity index (χ0) is 19.0. The van der Waals surface area contributed by atoms with E-state index in [2.05, 4.69) is 18.2 Å². The van der Waals surface area contributed by atoms with Gasteiger partial charge < -0.3 is 9.47 Å². The van der Waals surface area contributed by atoms with Gasteiger partial charge in [-0.3, -0.25) is 5.41 Å². The van der Waals surface area contributed by atoms with Crippen LogP contribution in [0.25, 0.3) is 0 Å². The Balaban J connectivity index is 2.29. The summed E-state index contributed by atoms with van der Waals surface area (Å²) in [6, 6.07) is 15.4. The van der Waals surface area contributed by atoms with Gasteiger partial charge in [-0.25, -0.2) is 0 Å². The van der Waals surface area contributed by atoms with Crippen molar-refractivity contribution in [3.8, 4) is 18.2 Å². The molecule has 4 atom stereocenters. The molecule has 1 aromatic rings. The summed E-state index contributed by atoms with van der Waals surface area (Å²) in [4.78, 5) is 0. The molecule has 0 radical (unpaired) electrons. The number of benzene rings is 1. The van der Waals surface area contributed by atoms with E-state index >= 15 is 0 Å². The smallest absolute Gasteiger partial charge is 0.219 e. The van der Waals surface area contributed by atoms with E-state index in [0.717, 1.165) is 12.8 Å². The third-order valence-corrected chi connectivity index (χ3v) is 5.58. The second kappa shape index (κ2) is 6.13. The van der Waals surface area contributed by atoms with Crippen molar-refractivity contribution in [2.24, 2.45) is 10.8 Å². The van der Waals surface area contributed by atoms with Crippen molar-refractivity contribution in [2.45, 2.75) is 50.9 Å². The molecule has 0 spiro atoms. The van der Waals surface area contributed by atoms with Crippen LogP contribution in [0.5, 0.6) is 0 Å². The van der Waals surface area contributed by atoms with Crippen LogP contribution in [-0.2, 0) is 9.47 Å². The van der Waals surface area contributed by atoms with Crippen LogP contribution in [0.15, 0.2) is 30.3 Å². The zero-order valence-electron chi connectivity index (χ0n) is 14.8. The first kappa shape index (κ1) is 17.9. The SMILES string of the molecule is CCCC[C@@H]1O[C@@]2(C)OC(=N)[C@@]1(C#N)C(C#N)(C#N)[C@@H]2c1ccccc1. The number of fused-ring (bicyclic) bond motifs is 3. The summed E-state index contributed by atoms with van der Waals surface area (Å²) in [7, 11) is 0. The van der Waals surface area contributed by atoms with E-state index in [4.69, 9.17) is 14.9 Å². The first-order valence-corrected chi connectivity index (χ1v) is 8.70. The lowest BCUT2D eigenvalue weighted by atomic mass is 9.49. The number of hydrogen-bond donors (Lipinski definition) is 1. The van der Waals surface area contributed by atoms with Crippen molar-refractivity contribution in [3.05, 3.63) is 35.9 Å². The highest BCUT2D eigenvalue weighted by molar-refractivity contribution is 5.89. The molecule has 3 aliphatic rings. The van der Waals surface area contributed by atoms with Crippen LogP contribution in [-0.4, -0.2) is 17.8 Å². The molecule has 26 heavy (non-hydrogen) atoms. The minimum atomic E-state index is -1.77. The number of nitrogens with one attached hydrogen (secondary N) is 1. The normalized spacial score (nSPS) is 34.2. The molecule has 3 aliphatic heterocycles. The van der Waals surface area contributed by atoms with E-state index in [-0.39, 0.29) is 5.90 Å². The molecular formula is C20H20N4O2. The predicted molar refractivity (Wildman–Crippen MR) is 92.5 cm³/mol. The highest BCUT2D eigenvalue weighted by Gasteiger charge is 2.78. The van der Waals surface area contributed by atoms with Crippen LogP contribution in [0.2, 0.25) is 0 Å². The van der Waals surface area contributed by atoms with Crippen LogP contribution < -0.4 is 0 Å². The lowest BCUT2D eigenvalue weighted by Crippen LogP contribution is -2.73. The molecule has 0 aromatic heterocycles. The number of rotatable bonds is 4. The van der Waals surface area contributed by atoms with Crippen molar-refractivity contribution in [1.29, 1.82) is 21.2 Å². The van der Waals surface area contributed by atoms with E-state index in [1.807, 2.05) is 13.0 Å². The Hall–Kier alpha value is -2.88. The third-order valence-electron chi connectivity index (χ3n) is 5.58. The highest BCUT2D eigenvalue weighted by Crippen LogP contribution is 2.65. The fourth-order valence-corrected chi connectivity index (χ4v) is 4.41. The number of hydrogen-bond acceptors (Lipinski definition) is 6. The topological polar surface area (TPSA) is 114 Å². The Bertz CT molecular complexity index is 833. The molecule has 0 amide bonds. The molecule has 6 heteroatoms. The van der Waals surface area contributed by atoms with Crippen LogP contribution in [0.1, 0.15) is 44.6 Å². The van der Waals surface area contributed by atoms with E-state index in [0.29, 0.717) is 12.0 Å². The first-order valence-electron chi connectivity index (χ1n) is 8.70. The van der Waals surface area contributed by atoms with Crippen molar-refractivity contribution >= 4 is 5.90 Å². The molecule has 132 valence electrons. The molecule has 3 fully saturated rings. The zero-order valence-corrected chi connectivity index (χ0v) is 14.8. The van der Waals surface area contributed by atoms with Gasteiger partial charge >= 0.3 is 0 Å². The van der Waals surface area contributed by atoms with Gasteiger partial charge in [0.05, 0.1) is 30.2 Å². The highest BCUT2D eigenvalue weighted by atomic mass is 16.7. The maximum absolute atomic E-state index is 10.1. The molecule has 1 N–H and O–H groups in total. The van der Waals surface area contributed by atoms with E-state index < -0.39 is 28.6 Å². The van der Waals surface area contributed by atoms with Gasteiger partial charge in [0.15, 0.2) is 10.8 Å². The van der Waals surface area contributed by atoms with Gasteiger partial charge in [0.1, 0.15) is 0 Å². The third kappa shape index (κ3) is 2.02. The number of unbranched alkanes of at least 4 members (excludes halogenated alkanes) is 1. The van der Waals surface area contributed by atoms with Gasteiger partial charge in [0.2, 0.25) is 11.7 Å². The molecule has 0 unspecified atom stereocenters. The van der Waals surface area contributed by atoms with E-state index in [1.165, 1.54) is 0 Å². The Morgan fingerprint density at radius 1 is 1.12 bits per heavy atom. The summed E-state index contributed by atoms with van der Waals surface area (Å²) in [5.41, 5.74) is -2.85. The Kier molecular flexibility index (Phi) is 4.23. The van der Waals surface area contributed by atoms with Crippen molar-refractivity contribution in [1.82, 2.24) is 0 Å². The fraction of sp³-hybridized carbons (Fsp3) is 0.500. The predicted octanol–water partition coefficient (Wildman–Crippen LogP) is 3.63. The average Bonchev–Trinajstić information content (AvgIpc) is 2.65. The largest absolute Gasteiger partial charge is 0.447 e. The standard InChI is InChI=1S/C20H20N4O2/c1-3-4-10-15-20(13-23)17(24)26-18(2,25-15)16(19(20,11-21)12-22)14-8-6-5-7-9-14/h5-9,15-16,24H,3-4,10H2,1-2H3/t15-,16+,18-,20-/m0/s1. The summed E-state index contributed by atoms with van der Waals surface area (Å²) >= 11 is 0. The van der Waals surface area contributed by atoms with Gasteiger partial charge in [-0.1, -0.05) is 50.1 Å². The minimum absolute atomic E-state index is 0.342. The van der Waals surface area contributed by atoms with Gasteiger partial charge in [-0.2, -0.15) is 15.8 Å². The van der Waals surface area contributed by atoms with Gasteiger partial charge in [-0.15, -0.1) is 0 Å². The first-order chi connectivity index (χ1) is 12.5. The Morgan fingerprint density at radius 2 is 1.77 bits per heavy atom. The molecule has 4 rings (SSSR count). The molecule has 0 aliphatic carbocycles. The number of ether oxygens (including phenoxy) is 2. The molecule has 3 saturated heterocycles. The number of nitrogens with zero attached hydrogens (tertiary/aromatic N) is 3. The van der Waals surface area contributed by atoms with Gasteiger partial charge in [0.25, 0.3) is 0 Å². The lowest BCUT2D eigenvalue weighted by Gasteiger charge is -2.61. The van der Waals surface area contributed by atoms with Crippen LogP contribution in [0.3, 0.4) is 0 Å². The summed E-state index contributed by atoms with van der Waals surface area (Å²) in [6.07, 6.45) is 1.39. The molecule has 0 saturated carbocycles. The maximum atomic E-state index is 10.1. The fourth-order valence-electron chi connectivity index (χ4n) is 4.41. The quantitative estimate of drug-likeness (QED) is 0.892. The molecule has 2 bridgehead atoms. The van der Waals surface area contributed by atoms with E-state index in [9.17, 15) is 15.8 Å². The summed E-state index contributed by atoms with van der Waals surface area (Å²) in [5, 5.41) is 38.8. The van der Waals surface area contributed by atoms with Crippen molar-refractivity contribution in [3.63, 3.8) is 0 Å². The van der Waals surface area contributed by atoms with Crippen LogP contribution in [0, 0.1) is 50.2 Å². The second-order valence-corrected chi connectivity index (χ2v) is 6.99. The van der Waals surface area contributed by atoms with Gasteiger partial charge in [-0.05, 0) is 12.0 Å². The van der Waals surface area contributed by atoms with Gasteiger partial charge in [0, 0.05) is 6.92 Å². The monoisotopic (exact) mass is 348 g/mol. The van der Waals surface area contributed by atoms with Crippen LogP contribution >= 0.6 is 0 Å². The Morgan fingerprint density at radius 3 is 2.31 bits per heavy atom. The summed E-state index contributed by atoms with van der Waals surface area (Å²) < 4.78 is 11.9. The lowest BCUT2D eigenvalue weighted by molar-refractivity contribution is -0.320. The molecule has 6 nitrogen and oxygen atoms in total. The number of nitriles is 3. The average molecular weight is 348 g/mol. The molecule has 3 heterocycles. The molecule has 1 aromatic carbocycles. The van der Waals surface area contributed by atoms with Crippen molar-refractivity contribution in [2.75, 3.05) is 0 Å². The van der Waals surface area contributed by atoms with E-state index in [1.54, 1.807) is 31.2 Å².